The Balaban J connectivity index is 0.00000267. The van der Waals surface area contributed by atoms with E-state index in [1.54, 1.807) is 18.2 Å². The molecule has 3 aromatic rings. The van der Waals surface area contributed by atoms with Gasteiger partial charge in [0, 0.05) is 45.5 Å². The van der Waals surface area contributed by atoms with Gasteiger partial charge in [-0.3, -0.25) is 9.69 Å². The zero-order chi connectivity index (χ0) is 26.6. The minimum Gasteiger partial charge on any atom is -0.493 e. The number of aliphatic hydroxyl groups excluding tert-OH is 1. The van der Waals surface area contributed by atoms with Crippen molar-refractivity contribution >= 4 is 45.9 Å². The van der Waals surface area contributed by atoms with Crippen molar-refractivity contribution in [3.8, 4) is 17.1 Å². The minimum atomic E-state index is -3.77. The molecule has 0 bridgehead atoms. The molecule has 2 aromatic heterocycles. The first kappa shape index (κ1) is 33.1. The number of hydrogen-bond acceptors (Lipinski definition) is 7. The fourth-order valence-electron chi connectivity index (χ4n) is 4.78. The summed E-state index contributed by atoms with van der Waals surface area (Å²) in [6.07, 6.45) is 4.46. The summed E-state index contributed by atoms with van der Waals surface area (Å²) < 4.78 is 36.4. The van der Waals surface area contributed by atoms with Gasteiger partial charge in [0.2, 0.25) is 10.0 Å². The van der Waals surface area contributed by atoms with Crippen molar-refractivity contribution in [3.63, 3.8) is 0 Å². The lowest BCUT2D eigenvalue weighted by Gasteiger charge is -2.33. The zero-order valence-corrected chi connectivity index (χ0v) is 25.1. The van der Waals surface area contributed by atoms with Gasteiger partial charge in [0.05, 0.1) is 29.2 Å². The molecule has 2 N–H and O–H groups in total. The second-order valence-electron chi connectivity index (χ2n) is 9.28. The van der Waals surface area contributed by atoms with Gasteiger partial charge in [-0.2, -0.15) is 4.31 Å². The van der Waals surface area contributed by atoms with Gasteiger partial charge >= 0.3 is 0 Å². The maximum absolute atomic E-state index is 13.5. The second kappa shape index (κ2) is 14.5. The number of fused-ring (bicyclic) bond motifs is 1. The third kappa shape index (κ3) is 6.96. The molecule has 0 unspecified atom stereocenters. The first-order valence-corrected chi connectivity index (χ1v) is 14.5. The summed E-state index contributed by atoms with van der Waals surface area (Å²) in [4.78, 5) is 23.1. The van der Waals surface area contributed by atoms with E-state index in [1.165, 1.54) is 4.31 Å². The van der Waals surface area contributed by atoms with Crippen molar-refractivity contribution in [1.82, 2.24) is 23.7 Å². The lowest BCUT2D eigenvalue weighted by Crippen LogP contribution is -2.49. The molecular formula is C26H39Cl2N5O5S. The predicted octanol–water partition coefficient (Wildman–Crippen LogP) is 3.30. The van der Waals surface area contributed by atoms with Crippen LogP contribution in [0.5, 0.6) is 5.75 Å². The summed E-state index contributed by atoms with van der Waals surface area (Å²) in [6, 6.07) is 4.76. The molecule has 10 nitrogen and oxygen atoms in total. The molecule has 1 aliphatic heterocycles. The van der Waals surface area contributed by atoms with Crippen molar-refractivity contribution in [2.75, 3.05) is 45.9 Å². The first-order chi connectivity index (χ1) is 17.8. The van der Waals surface area contributed by atoms with Crippen molar-refractivity contribution < 1.29 is 18.3 Å². The van der Waals surface area contributed by atoms with E-state index in [2.05, 4.69) is 11.9 Å². The molecule has 0 amide bonds. The number of halogens is 2. The Labute approximate surface area is 242 Å². The SMILES string of the molecule is CCCOc1ccc(S(=O)(=O)N2CCN(CCO)CC2)cc1-[14c]1nc2c(CCC)cn(CC)c2c(=O)[nH]1.Cl.Cl. The molecule has 0 radical (unpaired) electrons. The highest BCUT2D eigenvalue weighted by atomic mass is 35.5. The third-order valence-corrected chi connectivity index (χ3v) is 8.61. The Bertz CT molecular complexity index is 1400. The molecular weight excluding hydrogens is 567 g/mol. The van der Waals surface area contributed by atoms with Crippen LogP contribution in [0.15, 0.2) is 34.1 Å². The highest BCUT2D eigenvalue weighted by Crippen LogP contribution is 2.33. The zero-order valence-electron chi connectivity index (χ0n) is 22.7. The van der Waals surface area contributed by atoms with Crippen LogP contribution < -0.4 is 10.3 Å². The van der Waals surface area contributed by atoms with Crippen LogP contribution in [0.4, 0.5) is 0 Å². The Morgan fingerprint density at radius 1 is 1.10 bits per heavy atom. The largest absolute Gasteiger partial charge is 0.493 e. The van der Waals surface area contributed by atoms with Gasteiger partial charge in [0.25, 0.3) is 5.56 Å². The number of ether oxygens (including phenoxy) is 1. The summed E-state index contributed by atoms with van der Waals surface area (Å²) in [5.74, 6) is 0.766. The highest BCUT2D eigenvalue weighted by Gasteiger charge is 2.29. The van der Waals surface area contributed by atoms with E-state index in [-0.39, 0.29) is 41.9 Å². The number of hydrogen-bond donors (Lipinski definition) is 2. The lowest BCUT2D eigenvalue weighted by molar-refractivity contribution is 0.151. The normalized spacial score (nSPS) is 14.7. The maximum atomic E-state index is 13.5. The molecule has 13 heteroatoms. The van der Waals surface area contributed by atoms with Crippen molar-refractivity contribution in [2.45, 2.75) is 51.5 Å². The molecule has 1 aliphatic rings. The summed E-state index contributed by atoms with van der Waals surface area (Å²) >= 11 is 0. The minimum absolute atomic E-state index is 0. The number of sulfonamides is 1. The number of nitrogens with zero attached hydrogens (tertiary/aromatic N) is 4. The number of H-pyrrole nitrogens is 1. The summed E-state index contributed by atoms with van der Waals surface area (Å²) in [6.45, 7) is 9.54. The van der Waals surface area contributed by atoms with Gasteiger partial charge in [-0.05, 0) is 43.5 Å². The number of benzene rings is 1. The number of piperazine rings is 1. The Morgan fingerprint density at radius 3 is 2.44 bits per heavy atom. The number of aromatic nitrogens is 3. The number of aromatic amines is 1. The predicted molar refractivity (Wildman–Crippen MR) is 158 cm³/mol. The molecule has 0 aliphatic carbocycles. The lowest BCUT2D eigenvalue weighted by atomic mass is 10.2. The van der Waals surface area contributed by atoms with Crippen LogP contribution in [-0.2, 0) is 23.0 Å². The molecule has 1 aromatic carbocycles. The van der Waals surface area contributed by atoms with Crippen molar-refractivity contribution in [1.29, 1.82) is 0 Å². The summed E-state index contributed by atoms with van der Waals surface area (Å²) in [5, 5.41) is 9.18. The Hall–Kier alpha value is -2.15. The molecule has 0 saturated carbocycles. The molecule has 1 saturated heterocycles. The molecule has 4 rings (SSSR count). The fourth-order valence-corrected chi connectivity index (χ4v) is 6.23. The van der Waals surface area contributed by atoms with Crippen LogP contribution in [0, 0.1) is 0 Å². The Kier molecular flexibility index (Phi) is 12.3. The van der Waals surface area contributed by atoms with E-state index < -0.39 is 10.0 Å². The number of β-amino-alcohol motifs (C(OH)–C–C–N with tert-alkyl or cyclic N) is 1. The van der Waals surface area contributed by atoms with E-state index in [9.17, 15) is 18.3 Å². The monoisotopic (exact) mass is 605 g/mol. The Morgan fingerprint density at radius 2 is 1.82 bits per heavy atom. The molecule has 0 spiro atoms. The second-order valence-corrected chi connectivity index (χ2v) is 11.2. The van der Waals surface area contributed by atoms with Gasteiger partial charge in [0.15, 0.2) is 0 Å². The van der Waals surface area contributed by atoms with Gasteiger partial charge in [-0.15, -0.1) is 24.8 Å². The van der Waals surface area contributed by atoms with Crippen LogP contribution >= 0.6 is 24.8 Å². The molecule has 218 valence electrons. The van der Waals surface area contributed by atoms with Crippen LogP contribution in [0.1, 0.15) is 39.2 Å². The number of rotatable bonds is 11. The quantitative estimate of drug-likeness (QED) is 0.344. The van der Waals surface area contributed by atoms with Crippen LogP contribution in [-0.4, -0.2) is 83.2 Å². The number of nitrogens with one attached hydrogen (secondary N) is 1. The average molecular weight is 607 g/mol. The van der Waals surface area contributed by atoms with Crippen LogP contribution in [0.3, 0.4) is 0 Å². The van der Waals surface area contributed by atoms with Crippen molar-refractivity contribution in [2.24, 2.45) is 0 Å². The third-order valence-electron chi connectivity index (χ3n) is 6.71. The number of aliphatic hydroxyl groups is 1. The highest BCUT2D eigenvalue weighted by molar-refractivity contribution is 7.89. The standard InChI is InChI=1S/C26H37N5O5S.2ClH/c1-4-7-19-18-30(6-3)24-23(19)27-25(28-26(24)33)21-17-20(8-9-22(21)36-16-5-2)37(34,35)31-12-10-29(11-13-31)14-15-32;;/h8-9,17-18,32H,4-7,10-16H2,1-3H3,(H,27,28,33);2*1H/i25+2;;. The van der Waals surface area contributed by atoms with Gasteiger partial charge < -0.3 is 19.4 Å². The fraction of sp³-hybridized carbons (Fsp3) is 0.538. The molecule has 0 atom stereocenters. The smallest absolute Gasteiger partial charge is 0.275 e. The van der Waals surface area contributed by atoms with E-state index in [1.807, 2.05) is 29.5 Å². The van der Waals surface area contributed by atoms with E-state index in [0.29, 0.717) is 74.0 Å². The summed E-state index contributed by atoms with van der Waals surface area (Å²) in [5.41, 5.74) is 2.33. The first-order valence-electron chi connectivity index (χ1n) is 13.1. The van der Waals surface area contributed by atoms with Crippen LogP contribution in [0.2, 0.25) is 0 Å². The van der Waals surface area contributed by atoms with Gasteiger partial charge in [-0.25, -0.2) is 13.4 Å². The molecule has 3 heterocycles. The number of aryl methyl sites for hydroxylation is 2. The topological polar surface area (TPSA) is 121 Å². The van der Waals surface area contributed by atoms with Crippen LogP contribution in [0.25, 0.3) is 22.4 Å². The maximum Gasteiger partial charge on any atom is 0.275 e. The summed E-state index contributed by atoms with van der Waals surface area (Å²) in [7, 11) is -3.77. The van der Waals surface area contributed by atoms with Gasteiger partial charge in [0.1, 0.15) is 17.1 Å². The molecule has 39 heavy (non-hydrogen) atoms. The van der Waals surface area contributed by atoms with E-state index in [0.717, 1.165) is 24.8 Å². The van der Waals surface area contributed by atoms with E-state index >= 15 is 0 Å². The van der Waals surface area contributed by atoms with E-state index in [4.69, 9.17) is 9.72 Å². The average Bonchev–Trinajstić information content (AvgIpc) is 3.26. The molecule has 1 fully saturated rings. The van der Waals surface area contributed by atoms with Gasteiger partial charge in [-0.1, -0.05) is 20.3 Å². The van der Waals surface area contributed by atoms with Crippen molar-refractivity contribution in [3.05, 3.63) is 40.3 Å².